The summed E-state index contributed by atoms with van der Waals surface area (Å²) < 4.78 is 64.3. The molecular formula is C15H17F6O2PS. The molecule has 2 aromatic carbocycles. The summed E-state index contributed by atoms with van der Waals surface area (Å²) >= 11 is 3.72. The summed E-state index contributed by atoms with van der Waals surface area (Å²) in [6.45, 7) is 0. The molecule has 0 saturated carbocycles. The molecule has 1 N–H and O–H groups in total. The van der Waals surface area contributed by atoms with E-state index in [9.17, 15) is 30.3 Å². The van der Waals surface area contributed by atoms with Crippen LogP contribution in [0.4, 0.5) is 25.2 Å². The fourth-order valence-electron chi connectivity index (χ4n) is 1.82. The van der Waals surface area contributed by atoms with Gasteiger partial charge in [-0.25, -0.2) is 0 Å². The van der Waals surface area contributed by atoms with Crippen molar-refractivity contribution in [1.29, 1.82) is 0 Å². The Morgan fingerprint density at radius 3 is 1.76 bits per heavy atom. The van der Waals surface area contributed by atoms with Gasteiger partial charge in [0.05, 0.1) is 7.11 Å². The van der Waals surface area contributed by atoms with Crippen molar-refractivity contribution in [1.82, 2.24) is 0 Å². The molecule has 142 valence electrons. The van der Waals surface area contributed by atoms with E-state index in [1.807, 2.05) is 24.3 Å². The third kappa shape index (κ3) is 11.6. The summed E-state index contributed by atoms with van der Waals surface area (Å²) in [5.41, 5.74) is 2.39. The first-order valence-corrected chi connectivity index (χ1v) is 9.44. The molecule has 0 bridgehead atoms. The van der Waals surface area contributed by atoms with Crippen LogP contribution in [0.3, 0.4) is 0 Å². The van der Waals surface area contributed by atoms with E-state index in [0.717, 1.165) is 17.7 Å². The first kappa shape index (κ1) is 21.4. The molecule has 0 saturated heterocycles. The Bertz CT molecular complexity index is 675. The summed E-state index contributed by atoms with van der Waals surface area (Å²) in [5.74, 6) is 1.16. The predicted molar refractivity (Wildman–Crippen MR) is 91.3 cm³/mol. The number of ether oxygens (including phenoxy) is 1. The van der Waals surface area contributed by atoms with Gasteiger partial charge >= 0.3 is 33.0 Å². The minimum atomic E-state index is -10.7. The Kier molecular flexibility index (Phi) is 5.97. The van der Waals surface area contributed by atoms with Crippen LogP contribution in [0, 0.1) is 0 Å². The Labute approximate surface area is 146 Å². The normalized spacial score (nSPS) is 15.2. The van der Waals surface area contributed by atoms with Crippen molar-refractivity contribution in [3.63, 3.8) is 0 Å². The molecule has 25 heavy (non-hydrogen) atoms. The minimum absolute atomic E-state index is 0.235. The topological polar surface area (TPSA) is 29.5 Å². The number of halogens is 6. The van der Waals surface area contributed by atoms with Crippen LogP contribution in [0.15, 0.2) is 48.5 Å². The van der Waals surface area contributed by atoms with Crippen LogP contribution in [0.2, 0.25) is 0 Å². The predicted octanol–water partition coefficient (Wildman–Crippen LogP) is 6.08. The third-order valence-electron chi connectivity index (χ3n) is 2.89. The number of hydrogen-bond donors (Lipinski definition) is 1. The van der Waals surface area contributed by atoms with Crippen LogP contribution in [0.1, 0.15) is 16.4 Å². The van der Waals surface area contributed by atoms with E-state index in [0.29, 0.717) is 5.75 Å². The first-order valence-electron chi connectivity index (χ1n) is 6.83. The van der Waals surface area contributed by atoms with Gasteiger partial charge in [0.15, 0.2) is 0 Å². The van der Waals surface area contributed by atoms with Gasteiger partial charge in [0.1, 0.15) is 16.7 Å². The van der Waals surface area contributed by atoms with E-state index in [4.69, 9.17) is 4.74 Å². The molecule has 0 spiro atoms. The summed E-state index contributed by atoms with van der Waals surface area (Å²) in [6.07, 6.45) is 0.895. The second-order valence-corrected chi connectivity index (χ2v) is 7.77. The number of hydrogen-bond acceptors (Lipinski definition) is 2. The van der Waals surface area contributed by atoms with Crippen LogP contribution in [0.25, 0.3) is 0 Å². The number of rotatable bonds is 4. The van der Waals surface area contributed by atoms with E-state index in [2.05, 4.69) is 24.8 Å². The quantitative estimate of drug-likeness (QED) is 0.379. The summed E-state index contributed by atoms with van der Waals surface area (Å²) in [6, 6.07) is 15.3. The van der Waals surface area contributed by atoms with Gasteiger partial charge in [-0.2, -0.15) is 0 Å². The maximum absolute atomic E-state index is 10.7. The molecular weight excluding hydrogens is 389 g/mol. The van der Waals surface area contributed by atoms with E-state index >= 15 is 0 Å². The molecule has 0 aliphatic carbocycles. The van der Waals surface area contributed by atoms with Crippen molar-refractivity contribution in [2.45, 2.75) is 11.7 Å². The van der Waals surface area contributed by atoms with E-state index in [-0.39, 0.29) is 5.25 Å². The molecule has 0 aliphatic rings. The van der Waals surface area contributed by atoms with Gasteiger partial charge in [-0.15, -0.1) is 0 Å². The summed E-state index contributed by atoms with van der Waals surface area (Å²) in [7, 11) is -8.99. The van der Waals surface area contributed by atoms with Crippen molar-refractivity contribution in [2.75, 3.05) is 7.11 Å². The van der Waals surface area contributed by atoms with Gasteiger partial charge in [-0.1, -0.05) is 24.3 Å². The Balaban J connectivity index is 0.000000381. The number of methoxy groups -OCH3 is 1. The van der Waals surface area contributed by atoms with E-state index in [1.165, 1.54) is 5.56 Å². The van der Waals surface area contributed by atoms with Crippen molar-refractivity contribution < 1.29 is 35.0 Å². The monoisotopic (exact) mass is 406 g/mol. The first-order chi connectivity index (χ1) is 11.1. The van der Waals surface area contributed by atoms with Crippen molar-refractivity contribution >= 4 is 20.4 Å². The number of aromatic hydroxyl groups is 1. The molecule has 1 atom stereocenters. The maximum atomic E-state index is 9.87. The van der Waals surface area contributed by atoms with Crippen molar-refractivity contribution in [3.8, 4) is 11.5 Å². The summed E-state index contributed by atoms with van der Waals surface area (Å²) in [4.78, 5) is 0. The molecule has 10 heteroatoms. The van der Waals surface area contributed by atoms with Gasteiger partial charge in [0.25, 0.3) is 0 Å². The zero-order chi connectivity index (χ0) is 19.4. The zero-order valence-corrected chi connectivity index (χ0v) is 14.9. The van der Waals surface area contributed by atoms with Crippen LogP contribution < -0.4 is 4.74 Å². The second-order valence-electron chi connectivity index (χ2n) is 5.15. The molecule has 0 radical (unpaired) electrons. The molecule has 0 fully saturated rings. The van der Waals surface area contributed by atoms with Gasteiger partial charge in [0, 0.05) is 12.0 Å². The van der Waals surface area contributed by atoms with Crippen LogP contribution in [0.5, 0.6) is 11.5 Å². The Morgan fingerprint density at radius 1 is 0.920 bits per heavy atom. The number of phenolic OH excluding ortho intramolecular Hbond substituents is 1. The van der Waals surface area contributed by atoms with Gasteiger partial charge in [-0.05, 0) is 42.5 Å². The fraction of sp³-hybridized carbons (Fsp3) is 0.200. The van der Waals surface area contributed by atoms with E-state index < -0.39 is 7.81 Å². The molecule has 2 aromatic rings. The average Bonchev–Trinajstić information content (AvgIpc) is 2.45. The SMILES string of the molecule is COc1ccc(CC([SH2+])c2ccc(O)cc2)cc1.F[P-](F)(F)(F)(F)F. The van der Waals surface area contributed by atoms with Gasteiger partial charge in [0.2, 0.25) is 0 Å². The zero-order valence-electron chi connectivity index (χ0n) is 13.0. The molecule has 0 aliphatic heterocycles. The fourth-order valence-corrected chi connectivity index (χ4v) is 2.25. The van der Waals surface area contributed by atoms with Crippen LogP contribution in [-0.4, -0.2) is 12.2 Å². The van der Waals surface area contributed by atoms with E-state index in [1.54, 1.807) is 19.2 Å². The second kappa shape index (κ2) is 6.96. The third-order valence-corrected chi connectivity index (χ3v) is 3.43. The average molecular weight is 406 g/mol. The Hall–Kier alpha value is -1.60. The van der Waals surface area contributed by atoms with Gasteiger partial charge < -0.3 is 9.84 Å². The van der Waals surface area contributed by atoms with Crippen LogP contribution in [-0.2, 0) is 19.0 Å². The molecule has 0 heterocycles. The van der Waals surface area contributed by atoms with Crippen LogP contribution >= 0.6 is 7.81 Å². The number of benzene rings is 2. The summed E-state index contributed by atoms with van der Waals surface area (Å²) in [5, 5.41) is 9.49. The number of phenols is 1. The van der Waals surface area contributed by atoms with Gasteiger partial charge in [-0.3, -0.25) is 0 Å². The van der Waals surface area contributed by atoms with Crippen molar-refractivity contribution in [3.05, 3.63) is 59.7 Å². The van der Waals surface area contributed by atoms with Crippen molar-refractivity contribution in [2.24, 2.45) is 0 Å². The molecule has 2 nitrogen and oxygen atoms in total. The molecule has 2 rings (SSSR count). The standard InChI is InChI=1S/C15H16O2S.F6P/c1-17-14-8-2-11(3-9-14)10-15(18)12-4-6-13(16)7-5-12;1-7(2,3,4,5)6/h2-9,15-16,18H,10H2,1H3;/q;-1/p+1. The molecule has 0 amide bonds. The Morgan fingerprint density at radius 2 is 1.36 bits per heavy atom. The molecule has 0 aromatic heterocycles. The molecule has 1 unspecified atom stereocenters.